The Morgan fingerprint density at radius 1 is 1.47 bits per heavy atom. The van der Waals surface area contributed by atoms with Crippen molar-refractivity contribution in [3.05, 3.63) is 28.2 Å². The molecule has 1 fully saturated rings. The molecule has 1 aromatic carbocycles. The predicted molar refractivity (Wildman–Crippen MR) is 79.7 cm³/mol. The summed E-state index contributed by atoms with van der Waals surface area (Å²) in [5.41, 5.74) is 1.03. The van der Waals surface area contributed by atoms with Crippen LogP contribution >= 0.6 is 15.9 Å². The summed E-state index contributed by atoms with van der Waals surface area (Å²) in [6.07, 6.45) is 3.15. The molecule has 0 bridgehead atoms. The van der Waals surface area contributed by atoms with Crippen LogP contribution in [0.5, 0.6) is 0 Å². The molecule has 1 aliphatic rings. The second-order valence-electron chi connectivity index (χ2n) is 4.91. The largest absolute Gasteiger partial charge is 0.314 e. The van der Waals surface area contributed by atoms with Crippen molar-refractivity contribution >= 4 is 26.0 Å². The number of hydrogen-bond acceptors (Lipinski definition) is 3. The monoisotopic (exact) mass is 346 g/mol. The fraction of sp³-hybridized carbons (Fsp3) is 0.538. The van der Waals surface area contributed by atoms with E-state index in [9.17, 15) is 8.42 Å². The van der Waals surface area contributed by atoms with Gasteiger partial charge in [0.1, 0.15) is 0 Å². The van der Waals surface area contributed by atoms with E-state index in [1.165, 1.54) is 6.42 Å². The molecule has 106 valence electrons. The van der Waals surface area contributed by atoms with Crippen molar-refractivity contribution in [1.29, 1.82) is 0 Å². The van der Waals surface area contributed by atoms with Crippen molar-refractivity contribution in [1.82, 2.24) is 10.0 Å². The topological polar surface area (TPSA) is 58.2 Å². The number of hydrogen-bond donors (Lipinski definition) is 2. The maximum absolute atomic E-state index is 12.2. The van der Waals surface area contributed by atoms with Crippen LogP contribution in [0.4, 0.5) is 0 Å². The summed E-state index contributed by atoms with van der Waals surface area (Å²) in [6, 6.07) is 5.70. The second-order valence-corrected chi connectivity index (χ2v) is 7.50. The first kappa shape index (κ1) is 15.0. The molecule has 1 aliphatic heterocycles. The van der Waals surface area contributed by atoms with Crippen LogP contribution in [0.25, 0.3) is 0 Å². The molecule has 0 aromatic heterocycles. The molecule has 0 unspecified atom stereocenters. The fourth-order valence-corrected chi connectivity index (χ4v) is 4.51. The van der Waals surface area contributed by atoms with Crippen LogP contribution < -0.4 is 10.0 Å². The Morgan fingerprint density at radius 2 is 2.26 bits per heavy atom. The van der Waals surface area contributed by atoms with Crippen LogP contribution in [0, 0.1) is 6.92 Å². The quantitative estimate of drug-likeness (QED) is 0.858. The van der Waals surface area contributed by atoms with Gasteiger partial charge in [0.25, 0.3) is 0 Å². The van der Waals surface area contributed by atoms with Crippen LogP contribution in [-0.4, -0.2) is 27.5 Å². The Kier molecular flexibility index (Phi) is 5.00. The molecule has 1 heterocycles. The van der Waals surface area contributed by atoms with Crippen LogP contribution in [0.3, 0.4) is 0 Å². The van der Waals surface area contributed by atoms with E-state index < -0.39 is 10.0 Å². The lowest BCUT2D eigenvalue weighted by Crippen LogP contribution is -2.30. The van der Waals surface area contributed by atoms with Gasteiger partial charge in [0.05, 0.1) is 4.90 Å². The van der Waals surface area contributed by atoms with Crippen molar-refractivity contribution in [3.8, 4) is 0 Å². The number of nitrogens with one attached hydrogen (secondary N) is 2. The minimum absolute atomic E-state index is 0.303. The first-order chi connectivity index (χ1) is 8.99. The lowest BCUT2D eigenvalue weighted by atomic mass is 10.2. The SMILES string of the molecule is Cc1ccc(S(=O)(=O)NCC[C@H]2CCCN2)c(Br)c1. The van der Waals surface area contributed by atoms with Crippen molar-refractivity contribution in [2.24, 2.45) is 0 Å². The van der Waals surface area contributed by atoms with Gasteiger partial charge in [0, 0.05) is 17.1 Å². The van der Waals surface area contributed by atoms with Gasteiger partial charge in [-0.3, -0.25) is 0 Å². The fourth-order valence-electron chi connectivity index (χ4n) is 2.27. The van der Waals surface area contributed by atoms with Crippen molar-refractivity contribution in [2.45, 2.75) is 37.1 Å². The molecule has 1 saturated heterocycles. The molecule has 0 amide bonds. The molecule has 0 saturated carbocycles. The van der Waals surface area contributed by atoms with Gasteiger partial charge >= 0.3 is 0 Å². The maximum atomic E-state index is 12.2. The van der Waals surface area contributed by atoms with Gasteiger partial charge in [0.15, 0.2) is 0 Å². The van der Waals surface area contributed by atoms with E-state index in [1.807, 2.05) is 13.0 Å². The van der Waals surface area contributed by atoms with Crippen LogP contribution in [0.15, 0.2) is 27.6 Å². The normalized spacial score (nSPS) is 19.8. The average Bonchev–Trinajstić information content (AvgIpc) is 2.81. The van der Waals surface area contributed by atoms with Gasteiger partial charge in [-0.25, -0.2) is 13.1 Å². The first-order valence-corrected chi connectivity index (χ1v) is 8.76. The minimum Gasteiger partial charge on any atom is -0.314 e. The maximum Gasteiger partial charge on any atom is 0.241 e. The summed E-state index contributed by atoms with van der Waals surface area (Å²) in [7, 11) is -3.42. The zero-order chi connectivity index (χ0) is 13.9. The molecule has 6 heteroatoms. The Balaban J connectivity index is 1.97. The molecule has 2 rings (SSSR count). The average molecular weight is 347 g/mol. The third-order valence-corrected chi connectivity index (χ3v) is 5.76. The zero-order valence-electron chi connectivity index (χ0n) is 10.9. The summed E-state index contributed by atoms with van der Waals surface area (Å²) in [4.78, 5) is 0.303. The molecular formula is C13H19BrN2O2S. The summed E-state index contributed by atoms with van der Waals surface area (Å²) >= 11 is 3.31. The summed E-state index contributed by atoms with van der Waals surface area (Å²) in [5, 5.41) is 3.36. The van der Waals surface area contributed by atoms with Crippen LogP contribution in [-0.2, 0) is 10.0 Å². The lowest BCUT2D eigenvalue weighted by Gasteiger charge is -2.12. The Morgan fingerprint density at radius 3 is 2.89 bits per heavy atom. The van der Waals surface area contributed by atoms with Gasteiger partial charge in [-0.15, -0.1) is 0 Å². The van der Waals surface area contributed by atoms with Gasteiger partial charge < -0.3 is 5.32 Å². The highest BCUT2D eigenvalue weighted by Crippen LogP contribution is 2.22. The lowest BCUT2D eigenvalue weighted by molar-refractivity contribution is 0.539. The molecule has 1 aromatic rings. The van der Waals surface area contributed by atoms with E-state index in [2.05, 4.69) is 26.0 Å². The Labute approximate surface area is 123 Å². The summed E-state index contributed by atoms with van der Waals surface area (Å²) < 4.78 is 27.6. The summed E-state index contributed by atoms with van der Waals surface area (Å²) in [5.74, 6) is 0. The standard InChI is InChI=1S/C13H19BrN2O2S/c1-10-4-5-13(12(14)9-10)19(17,18)16-8-6-11-3-2-7-15-11/h4-5,9,11,15-16H,2-3,6-8H2,1H3/t11-/m1/s1. The van der Waals surface area contributed by atoms with E-state index in [0.29, 0.717) is 22.0 Å². The van der Waals surface area contributed by atoms with Crippen molar-refractivity contribution in [3.63, 3.8) is 0 Å². The third kappa shape index (κ3) is 4.02. The molecule has 1 atom stereocenters. The van der Waals surface area contributed by atoms with E-state index in [-0.39, 0.29) is 0 Å². The van der Waals surface area contributed by atoms with E-state index in [1.54, 1.807) is 12.1 Å². The molecule has 19 heavy (non-hydrogen) atoms. The molecule has 0 radical (unpaired) electrons. The smallest absolute Gasteiger partial charge is 0.241 e. The number of rotatable bonds is 5. The second kappa shape index (κ2) is 6.35. The highest BCUT2D eigenvalue weighted by molar-refractivity contribution is 9.10. The van der Waals surface area contributed by atoms with Gasteiger partial charge in [-0.2, -0.15) is 0 Å². The highest BCUT2D eigenvalue weighted by atomic mass is 79.9. The van der Waals surface area contributed by atoms with Crippen LogP contribution in [0.1, 0.15) is 24.8 Å². The zero-order valence-corrected chi connectivity index (χ0v) is 13.4. The van der Waals surface area contributed by atoms with Gasteiger partial charge in [-0.1, -0.05) is 6.07 Å². The van der Waals surface area contributed by atoms with Crippen molar-refractivity contribution in [2.75, 3.05) is 13.1 Å². The molecule has 0 aliphatic carbocycles. The number of aryl methyl sites for hydroxylation is 1. The molecule has 0 spiro atoms. The number of sulfonamides is 1. The highest BCUT2D eigenvalue weighted by Gasteiger charge is 2.19. The van der Waals surface area contributed by atoms with Crippen molar-refractivity contribution < 1.29 is 8.42 Å². The Bertz CT molecular complexity index is 540. The summed E-state index contributed by atoms with van der Waals surface area (Å²) in [6.45, 7) is 3.45. The third-order valence-electron chi connectivity index (χ3n) is 3.32. The number of benzene rings is 1. The number of halogens is 1. The van der Waals surface area contributed by atoms with Gasteiger partial charge in [0.2, 0.25) is 10.0 Å². The predicted octanol–water partition coefficient (Wildman–Crippen LogP) is 2.18. The Hall–Kier alpha value is -0.430. The first-order valence-electron chi connectivity index (χ1n) is 6.48. The van der Waals surface area contributed by atoms with Gasteiger partial charge in [-0.05, 0) is 66.4 Å². The minimum atomic E-state index is -3.42. The molecule has 2 N–H and O–H groups in total. The van der Waals surface area contributed by atoms with E-state index in [4.69, 9.17) is 0 Å². The van der Waals surface area contributed by atoms with E-state index in [0.717, 1.165) is 24.9 Å². The van der Waals surface area contributed by atoms with Crippen LogP contribution in [0.2, 0.25) is 0 Å². The molecular weight excluding hydrogens is 328 g/mol. The molecule has 4 nitrogen and oxygen atoms in total. The van der Waals surface area contributed by atoms with E-state index >= 15 is 0 Å².